The van der Waals surface area contributed by atoms with Gasteiger partial charge in [-0.25, -0.2) is 0 Å². The van der Waals surface area contributed by atoms with Crippen molar-refractivity contribution in [3.63, 3.8) is 0 Å². The Labute approximate surface area is 423 Å². The molecule has 72 heavy (non-hydrogen) atoms. The lowest BCUT2D eigenvalue weighted by molar-refractivity contribution is 0.587. The minimum atomic E-state index is -0.0384. The summed E-state index contributed by atoms with van der Waals surface area (Å²) in [6.07, 6.45) is 0. The Kier molecular flexibility index (Phi) is 8.79. The van der Waals surface area contributed by atoms with Crippen LogP contribution in [0.4, 0.5) is 34.1 Å². The second kappa shape index (κ2) is 14.6. The Hall–Kier alpha value is -7.43. The highest BCUT2D eigenvalue weighted by atomic mass is 16.3. The zero-order valence-electron chi connectivity index (χ0n) is 43.6. The average Bonchev–Trinajstić information content (AvgIpc) is 3.86. The monoisotopic (exact) mass is 932 g/mol. The fourth-order valence-corrected chi connectivity index (χ4v) is 13.6. The number of rotatable bonds is 2. The molecule has 3 aliphatic rings. The van der Waals surface area contributed by atoms with E-state index in [9.17, 15) is 0 Å². The molecule has 0 bridgehead atoms. The largest absolute Gasteiger partial charge is 0.456 e. The van der Waals surface area contributed by atoms with Crippen molar-refractivity contribution in [2.75, 3.05) is 9.80 Å². The van der Waals surface area contributed by atoms with Gasteiger partial charge in [-0.15, -0.1) is 0 Å². The number of benzene rings is 9. The molecule has 11 aromatic rings. The van der Waals surface area contributed by atoms with Crippen LogP contribution in [-0.2, 0) is 10.8 Å². The van der Waals surface area contributed by atoms with Gasteiger partial charge in [-0.1, -0.05) is 177 Å². The fraction of sp³-hybridized carbons (Fsp3) is 0.212. The highest BCUT2D eigenvalue weighted by Gasteiger charge is 2.47. The van der Waals surface area contributed by atoms with Gasteiger partial charge >= 0.3 is 0 Å². The topological polar surface area (TPSA) is 32.8 Å². The Morgan fingerprint density at radius 3 is 1.29 bits per heavy atom. The maximum atomic E-state index is 7.02. The maximum absolute atomic E-state index is 7.02. The van der Waals surface area contributed by atoms with Crippen LogP contribution in [0.2, 0.25) is 0 Å². The number of furan rings is 2. The molecule has 14 rings (SSSR count). The van der Waals surface area contributed by atoms with Crippen molar-refractivity contribution in [3.8, 4) is 0 Å². The van der Waals surface area contributed by atoms with Crippen molar-refractivity contribution in [1.29, 1.82) is 0 Å². The van der Waals surface area contributed by atoms with Crippen LogP contribution in [0.15, 0.2) is 142 Å². The van der Waals surface area contributed by atoms with E-state index in [1.165, 1.54) is 105 Å². The molecule has 350 valence electrons. The van der Waals surface area contributed by atoms with Crippen LogP contribution in [0.3, 0.4) is 0 Å². The van der Waals surface area contributed by atoms with Crippen LogP contribution in [0.5, 0.6) is 0 Å². The lowest BCUT2D eigenvalue weighted by Gasteiger charge is -2.49. The summed E-state index contributed by atoms with van der Waals surface area (Å²) in [5.74, 6) is 0. The minimum absolute atomic E-state index is 0.00440. The summed E-state index contributed by atoms with van der Waals surface area (Å²) in [7, 11) is 0. The Morgan fingerprint density at radius 1 is 0.361 bits per heavy atom. The fourth-order valence-electron chi connectivity index (χ4n) is 13.6. The predicted octanol–water partition coefficient (Wildman–Crippen LogP) is 14.0. The van der Waals surface area contributed by atoms with Crippen LogP contribution in [-0.4, -0.2) is 13.4 Å². The van der Waals surface area contributed by atoms with Crippen molar-refractivity contribution in [2.24, 2.45) is 0 Å². The molecule has 0 unspecified atom stereocenters. The van der Waals surface area contributed by atoms with Crippen molar-refractivity contribution in [3.05, 3.63) is 178 Å². The number of aryl methyl sites for hydroxylation is 6. The number of fused-ring (bicyclic) bond motifs is 13. The zero-order chi connectivity index (χ0) is 49.6. The molecule has 4 nitrogen and oxygen atoms in total. The molecule has 0 N–H and O–H groups in total. The highest BCUT2D eigenvalue weighted by molar-refractivity contribution is 7.00. The maximum Gasteiger partial charge on any atom is 0.247 e. The first kappa shape index (κ1) is 43.4. The molecule has 0 radical (unpaired) electrons. The normalized spacial score (nSPS) is 14.0. The van der Waals surface area contributed by atoms with E-state index in [4.69, 9.17) is 8.83 Å². The molecule has 0 atom stereocenters. The van der Waals surface area contributed by atoms with Gasteiger partial charge in [0.05, 0.1) is 22.7 Å². The molecular weight excluding hydrogens is 874 g/mol. The van der Waals surface area contributed by atoms with E-state index in [2.05, 4.69) is 226 Å². The molecular formula is C66H58B2N2O2. The van der Waals surface area contributed by atoms with Gasteiger partial charge < -0.3 is 18.6 Å². The summed E-state index contributed by atoms with van der Waals surface area (Å²) in [4.78, 5) is 5.18. The SMILES string of the molecule is Cc1cc(C)c(B2c3cc4c(cc3N3c5cccc6c5N(c5cc7oc8cc9ccc(C(C)(C)C)cc9cc8c7cc5B6c5c(C)cc(C)cc5C)c5cccc2c53)oc2cc(C(C)(C)C)ccc24)c(C)c1. The molecule has 0 aliphatic carbocycles. The van der Waals surface area contributed by atoms with Gasteiger partial charge in [0.25, 0.3) is 0 Å². The lowest BCUT2D eigenvalue weighted by Crippen LogP contribution is -2.61. The predicted molar refractivity (Wildman–Crippen MR) is 309 cm³/mol. The van der Waals surface area contributed by atoms with Gasteiger partial charge in [0.15, 0.2) is 0 Å². The van der Waals surface area contributed by atoms with E-state index in [1.54, 1.807) is 0 Å². The number of para-hydroxylation sites is 2. The number of anilines is 6. The molecule has 6 heteroatoms. The molecule has 0 amide bonds. The number of nitrogens with zero attached hydrogens (tertiary/aromatic N) is 2. The molecule has 3 aliphatic heterocycles. The molecule has 5 heterocycles. The van der Waals surface area contributed by atoms with Crippen LogP contribution < -0.4 is 42.6 Å². The molecule has 2 aromatic heterocycles. The average molecular weight is 933 g/mol. The van der Waals surface area contributed by atoms with E-state index in [0.29, 0.717) is 0 Å². The van der Waals surface area contributed by atoms with Crippen LogP contribution in [0.25, 0.3) is 54.6 Å². The van der Waals surface area contributed by atoms with E-state index in [0.717, 1.165) is 60.9 Å². The van der Waals surface area contributed by atoms with Crippen molar-refractivity contribution in [2.45, 2.75) is 93.9 Å². The molecule has 0 saturated heterocycles. The van der Waals surface area contributed by atoms with Gasteiger partial charge in [-0.05, 0) is 126 Å². The standard InChI is InChI=1S/C66H58B2N2O2/c1-35-23-37(3)61(38(4)24-35)67-49-15-13-18-54-63(49)69(55-33-59-47(31-51(55)67)45-22-21-44(66(10,11)12)30-58(45)72-59)53-17-14-16-50-64(53)70(54)56-34-60-48(32-52(56)68(50)62-39(5)25-36(2)26-40(62)6)46-28-42-27-43(65(7,8)9)20-19-41(42)29-57(46)71-60/h13-34H,1-12H3. The van der Waals surface area contributed by atoms with E-state index < -0.39 is 0 Å². The third-order valence-electron chi connectivity index (χ3n) is 16.7. The summed E-state index contributed by atoms with van der Waals surface area (Å²) < 4.78 is 14.0. The van der Waals surface area contributed by atoms with Crippen LogP contribution >= 0.6 is 0 Å². The summed E-state index contributed by atoms with van der Waals surface area (Å²) in [6, 6.07) is 51.6. The van der Waals surface area contributed by atoms with Crippen molar-refractivity contribution >= 4 is 135 Å². The van der Waals surface area contributed by atoms with Gasteiger partial charge in [-0.3, -0.25) is 0 Å². The van der Waals surface area contributed by atoms with Gasteiger partial charge in [-0.2, -0.15) is 0 Å². The molecule has 0 fully saturated rings. The minimum Gasteiger partial charge on any atom is -0.456 e. The molecule has 0 saturated carbocycles. The second-order valence-electron chi connectivity index (χ2n) is 23.7. The summed E-state index contributed by atoms with van der Waals surface area (Å²) >= 11 is 0. The third-order valence-corrected chi connectivity index (χ3v) is 16.7. The van der Waals surface area contributed by atoms with Gasteiger partial charge in [0.1, 0.15) is 22.3 Å². The smallest absolute Gasteiger partial charge is 0.247 e. The summed E-state index contributed by atoms with van der Waals surface area (Å²) in [5.41, 5.74) is 29.1. The van der Waals surface area contributed by atoms with E-state index >= 15 is 0 Å². The van der Waals surface area contributed by atoms with Gasteiger partial charge in [0.2, 0.25) is 13.4 Å². The number of hydrogen-bond acceptors (Lipinski definition) is 4. The summed E-state index contributed by atoms with van der Waals surface area (Å²) in [5, 5.41) is 7.04. The first-order valence-electron chi connectivity index (χ1n) is 25.9. The van der Waals surface area contributed by atoms with Crippen LogP contribution in [0, 0.1) is 41.5 Å². The number of hydrogen-bond donors (Lipinski definition) is 0. The highest BCUT2D eigenvalue weighted by Crippen LogP contribution is 2.56. The van der Waals surface area contributed by atoms with Crippen molar-refractivity contribution < 1.29 is 8.83 Å². The Bertz CT molecular complexity index is 4190. The Balaban J connectivity index is 1.08. The molecule has 0 spiro atoms. The van der Waals surface area contributed by atoms with Crippen LogP contribution in [0.1, 0.15) is 86.1 Å². The lowest BCUT2D eigenvalue weighted by atomic mass is 9.33. The third kappa shape index (κ3) is 6.02. The Morgan fingerprint density at radius 2 is 0.792 bits per heavy atom. The second-order valence-corrected chi connectivity index (χ2v) is 23.7. The first-order valence-corrected chi connectivity index (χ1v) is 25.9. The summed E-state index contributed by atoms with van der Waals surface area (Å²) in [6.45, 7) is 27.3. The first-order chi connectivity index (χ1) is 34.4. The molecule has 9 aromatic carbocycles. The van der Waals surface area contributed by atoms with Gasteiger partial charge in [0, 0.05) is 45.1 Å². The van der Waals surface area contributed by atoms with E-state index in [1.807, 2.05) is 0 Å². The van der Waals surface area contributed by atoms with E-state index in [-0.39, 0.29) is 24.3 Å². The quantitative estimate of drug-likeness (QED) is 0.162. The van der Waals surface area contributed by atoms with Crippen molar-refractivity contribution in [1.82, 2.24) is 0 Å². The zero-order valence-corrected chi connectivity index (χ0v) is 43.6.